The Kier molecular flexibility index (Phi) is 26.4. The average molecular weight is 940 g/mol. The van der Waals surface area contributed by atoms with Gasteiger partial charge in [-0.05, 0) is 30.2 Å². The highest BCUT2D eigenvalue weighted by Gasteiger charge is 2.22. The molecule has 0 radical (unpaired) electrons. The summed E-state index contributed by atoms with van der Waals surface area (Å²) >= 11 is 0. The topological polar surface area (TPSA) is 223 Å². The van der Waals surface area contributed by atoms with Gasteiger partial charge in [0.05, 0.1) is 105 Å². The van der Waals surface area contributed by atoms with Crippen molar-refractivity contribution in [1.29, 1.82) is 0 Å². The molecule has 0 spiro atoms. The van der Waals surface area contributed by atoms with Crippen molar-refractivity contribution in [3.63, 3.8) is 0 Å². The molecule has 3 amide bonds. The molecule has 3 heterocycles. The van der Waals surface area contributed by atoms with Crippen molar-refractivity contribution in [2.45, 2.75) is 52.1 Å². The Labute approximate surface area is 394 Å². The Bertz CT molecular complexity index is 1940. The fourth-order valence-electron chi connectivity index (χ4n) is 7.08. The first-order chi connectivity index (χ1) is 32.7. The lowest BCUT2D eigenvalue weighted by Gasteiger charge is -2.35. The normalized spacial score (nSPS) is 13.1. The van der Waals surface area contributed by atoms with E-state index in [-0.39, 0.29) is 36.6 Å². The smallest absolute Gasteiger partial charge is 0.246 e. The van der Waals surface area contributed by atoms with Crippen molar-refractivity contribution < 1.29 is 52.3 Å². The molecule has 2 aromatic heterocycles. The maximum atomic E-state index is 12.9. The average Bonchev–Trinajstić information content (AvgIpc) is 3.74. The van der Waals surface area contributed by atoms with Crippen molar-refractivity contribution in [2.75, 3.05) is 150 Å². The summed E-state index contributed by atoms with van der Waals surface area (Å²) in [6, 6.07) is 8.35. The van der Waals surface area contributed by atoms with E-state index >= 15 is 0 Å². The van der Waals surface area contributed by atoms with E-state index in [4.69, 9.17) is 38.9 Å². The van der Waals surface area contributed by atoms with Gasteiger partial charge in [-0.15, -0.1) is 0 Å². The van der Waals surface area contributed by atoms with Crippen LogP contribution in [0.3, 0.4) is 0 Å². The number of benzene rings is 1. The Balaban J connectivity index is 0.943. The summed E-state index contributed by atoms with van der Waals surface area (Å²) in [5.41, 5.74) is 9.95. The van der Waals surface area contributed by atoms with E-state index in [0.29, 0.717) is 118 Å². The summed E-state index contributed by atoms with van der Waals surface area (Å²) in [7, 11) is 3.26. The molecule has 20 nitrogen and oxygen atoms in total. The van der Waals surface area contributed by atoms with E-state index < -0.39 is 0 Å². The number of amides is 3. The zero-order valence-electron chi connectivity index (χ0n) is 39.8. The minimum Gasteiger partial charge on any atom is -0.496 e. The molecule has 1 saturated heterocycles. The third-order valence-corrected chi connectivity index (χ3v) is 10.8. The van der Waals surface area contributed by atoms with Crippen LogP contribution in [0.1, 0.15) is 50.2 Å². The first-order valence-electron chi connectivity index (χ1n) is 23.3. The molecule has 3 aromatic rings. The molecule has 0 aliphatic carbocycles. The number of nitrogens with zero attached hydrogens (tertiary/aromatic N) is 6. The fraction of sp³-hybridized carbons (Fsp3) is 0.617. The standard InChI is InChI=1S/C47H73N9O11/c1-4-5-6-14-50-46-45-40(51-47(48)52-46)11-17-56(45)37-39-10-9-38(35-41(39)61-3)36-54-18-20-55(21-19-54)44(60)13-23-62-25-27-64-29-31-66-33-34-67-32-30-65-28-26-63-24-15-49-42(58)12-16-53(2)43(59)8-7-22-57/h7-11,17,22,35H,4-6,12-16,18-21,23-34,36-37H2,1-3H3,(H,49,58)(H3,48,50,51,52)/b8-7-. The van der Waals surface area contributed by atoms with Crippen molar-refractivity contribution in [1.82, 2.24) is 34.6 Å². The van der Waals surface area contributed by atoms with Gasteiger partial charge < -0.3 is 63.9 Å². The molecule has 0 atom stereocenters. The molecular weight excluding hydrogens is 867 g/mol. The van der Waals surface area contributed by atoms with E-state index in [1.165, 1.54) is 4.90 Å². The third kappa shape index (κ3) is 21.1. The number of fused-ring (bicyclic) bond motifs is 1. The Morgan fingerprint density at radius 1 is 0.791 bits per heavy atom. The van der Waals surface area contributed by atoms with E-state index in [0.717, 1.165) is 91.3 Å². The van der Waals surface area contributed by atoms with Crippen LogP contribution in [0.15, 0.2) is 42.6 Å². The zero-order valence-corrected chi connectivity index (χ0v) is 39.8. The first-order valence-corrected chi connectivity index (χ1v) is 23.3. The number of methoxy groups -OCH3 is 1. The van der Waals surface area contributed by atoms with Gasteiger partial charge in [0, 0.05) is 83.7 Å². The molecule has 1 fully saturated rings. The van der Waals surface area contributed by atoms with Crippen LogP contribution in [-0.4, -0.2) is 192 Å². The van der Waals surface area contributed by atoms with E-state index in [2.05, 4.69) is 55.2 Å². The van der Waals surface area contributed by atoms with Gasteiger partial charge in [-0.1, -0.05) is 31.9 Å². The lowest BCUT2D eigenvalue weighted by Crippen LogP contribution is -2.48. The summed E-state index contributed by atoms with van der Waals surface area (Å²) in [5.74, 6) is 1.39. The van der Waals surface area contributed by atoms with Gasteiger partial charge in [-0.3, -0.25) is 24.1 Å². The maximum Gasteiger partial charge on any atom is 0.246 e. The fourth-order valence-corrected chi connectivity index (χ4v) is 7.08. The summed E-state index contributed by atoms with van der Waals surface area (Å²) in [5, 5.41) is 6.19. The van der Waals surface area contributed by atoms with E-state index in [1.807, 2.05) is 17.2 Å². The van der Waals surface area contributed by atoms with Crippen molar-refractivity contribution in [3.05, 3.63) is 53.7 Å². The number of hydrogen-bond acceptors (Lipinski definition) is 16. The number of nitrogens with one attached hydrogen (secondary N) is 2. The SMILES string of the molecule is CCCCCNc1nc(N)nc2ccn(Cc3ccc(CN4CCN(C(=O)CCOCCOCCOCCOCCOCCOCCNC(=O)CCN(C)C(=O)/C=C\C=O)CC4)cc3OC)c12. The number of carbonyl (C=O) groups is 4. The number of nitrogens with two attached hydrogens (primary N) is 1. The third-order valence-electron chi connectivity index (χ3n) is 10.8. The Hall–Kier alpha value is -5.22. The molecule has 0 bridgehead atoms. The van der Waals surface area contributed by atoms with Gasteiger partial charge in [-0.2, -0.15) is 4.98 Å². The number of piperazine rings is 1. The number of unbranched alkanes of at least 4 members (excludes halogenated alkanes) is 2. The number of likely N-dealkylation sites (N-methyl/N-ethyl adjacent to an activating group) is 1. The second-order valence-corrected chi connectivity index (χ2v) is 15.8. The second-order valence-electron chi connectivity index (χ2n) is 15.8. The molecule has 4 rings (SSSR count). The van der Waals surface area contributed by atoms with Crippen molar-refractivity contribution >= 4 is 46.8 Å². The van der Waals surface area contributed by atoms with Crippen LogP contribution in [0.2, 0.25) is 0 Å². The summed E-state index contributed by atoms with van der Waals surface area (Å²) in [4.78, 5) is 61.4. The van der Waals surface area contributed by atoms with Gasteiger partial charge in [0.25, 0.3) is 0 Å². The predicted molar refractivity (Wildman–Crippen MR) is 254 cm³/mol. The minimum absolute atomic E-state index is 0.100. The maximum absolute atomic E-state index is 12.9. The molecule has 4 N–H and O–H groups in total. The van der Waals surface area contributed by atoms with Gasteiger partial charge in [-0.25, -0.2) is 4.98 Å². The number of aromatic nitrogens is 3. The van der Waals surface area contributed by atoms with Crippen LogP contribution in [0.5, 0.6) is 5.75 Å². The number of anilines is 2. The van der Waals surface area contributed by atoms with Gasteiger partial charge in [0.15, 0.2) is 5.82 Å². The highest BCUT2D eigenvalue weighted by atomic mass is 16.6. The number of ether oxygens (including phenoxy) is 7. The Morgan fingerprint density at radius 2 is 1.43 bits per heavy atom. The highest BCUT2D eigenvalue weighted by molar-refractivity contribution is 5.91. The van der Waals surface area contributed by atoms with Gasteiger partial charge in [0.1, 0.15) is 17.6 Å². The quantitative estimate of drug-likeness (QED) is 0.0433. The van der Waals surface area contributed by atoms with E-state index in [9.17, 15) is 19.2 Å². The highest BCUT2D eigenvalue weighted by Crippen LogP contribution is 2.27. The summed E-state index contributed by atoms with van der Waals surface area (Å²) in [6.45, 7) is 12.8. The van der Waals surface area contributed by atoms with Crippen LogP contribution in [-0.2, 0) is 60.7 Å². The largest absolute Gasteiger partial charge is 0.496 e. The first kappa shape index (κ1) is 54.4. The molecule has 372 valence electrons. The van der Waals surface area contributed by atoms with Crippen molar-refractivity contribution in [3.8, 4) is 5.75 Å². The molecule has 1 aliphatic rings. The Morgan fingerprint density at radius 3 is 2.06 bits per heavy atom. The molecule has 67 heavy (non-hydrogen) atoms. The minimum atomic E-state index is -0.339. The molecule has 1 aromatic carbocycles. The van der Waals surface area contributed by atoms with E-state index in [1.54, 1.807) is 14.2 Å². The van der Waals surface area contributed by atoms with Gasteiger partial charge >= 0.3 is 0 Å². The zero-order chi connectivity index (χ0) is 47.9. The van der Waals surface area contributed by atoms with Crippen LogP contribution >= 0.6 is 0 Å². The number of rotatable bonds is 36. The van der Waals surface area contributed by atoms with Gasteiger partial charge in [0.2, 0.25) is 23.7 Å². The number of aldehydes is 1. The van der Waals surface area contributed by atoms with Crippen LogP contribution in [0.25, 0.3) is 11.0 Å². The molecule has 0 unspecified atom stereocenters. The van der Waals surface area contributed by atoms with Crippen LogP contribution in [0.4, 0.5) is 11.8 Å². The van der Waals surface area contributed by atoms with Crippen LogP contribution < -0.4 is 21.1 Å². The molecular formula is C47H73N9O11. The molecule has 0 saturated carbocycles. The molecule has 20 heteroatoms. The summed E-state index contributed by atoms with van der Waals surface area (Å²) in [6.07, 6.45) is 8.66. The lowest BCUT2D eigenvalue weighted by molar-refractivity contribution is -0.134. The van der Waals surface area contributed by atoms with Crippen LogP contribution in [0, 0.1) is 0 Å². The van der Waals surface area contributed by atoms with Crippen molar-refractivity contribution in [2.24, 2.45) is 0 Å². The second kappa shape index (κ2) is 32.5. The number of nitrogen functional groups attached to an aromatic ring is 1. The monoisotopic (exact) mass is 940 g/mol. The predicted octanol–water partition coefficient (Wildman–Crippen LogP) is 2.53. The number of allylic oxidation sites excluding steroid dienone is 1. The number of hydrogen-bond donors (Lipinski definition) is 3. The molecule has 1 aliphatic heterocycles. The number of carbonyl (C=O) groups excluding carboxylic acids is 4. The lowest BCUT2D eigenvalue weighted by atomic mass is 10.1. The summed E-state index contributed by atoms with van der Waals surface area (Å²) < 4.78 is 41.2.